The molecular formula is C13H24N2O3. The zero-order valence-electron chi connectivity index (χ0n) is 11.6. The van der Waals surface area contributed by atoms with E-state index in [1.807, 2.05) is 6.92 Å². The van der Waals surface area contributed by atoms with Crippen LogP contribution in [0.5, 0.6) is 0 Å². The number of unbranched alkanes of at least 4 members (excludes halogenated alkanes) is 1. The number of hydrogen-bond acceptors (Lipinski definition) is 2. The van der Waals surface area contributed by atoms with E-state index in [0.29, 0.717) is 25.9 Å². The fourth-order valence-corrected chi connectivity index (χ4v) is 2.38. The maximum absolute atomic E-state index is 12.1. The van der Waals surface area contributed by atoms with Gasteiger partial charge in [-0.05, 0) is 19.3 Å². The van der Waals surface area contributed by atoms with Crippen LogP contribution in [0.2, 0.25) is 0 Å². The summed E-state index contributed by atoms with van der Waals surface area (Å²) in [6.45, 7) is 5.59. The first-order valence-corrected chi connectivity index (χ1v) is 6.70. The Morgan fingerprint density at radius 3 is 2.50 bits per heavy atom. The number of carboxylic acids is 1. The minimum Gasteiger partial charge on any atom is -0.481 e. The van der Waals surface area contributed by atoms with E-state index in [0.717, 1.165) is 19.4 Å². The van der Waals surface area contributed by atoms with E-state index in [1.54, 1.807) is 16.8 Å². The van der Waals surface area contributed by atoms with Gasteiger partial charge in [-0.15, -0.1) is 0 Å². The lowest BCUT2D eigenvalue weighted by Gasteiger charge is -2.26. The van der Waals surface area contributed by atoms with Crippen molar-refractivity contribution in [3.05, 3.63) is 0 Å². The van der Waals surface area contributed by atoms with Crippen LogP contribution in [0.1, 0.15) is 39.5 Å². The molecule has 1 saturated heterocycles. The third-order valence-electron chi connectivity index (χ3n) is 3.93. The average Bonchev–Trinajstić information content (AvgIpc) is 2.80. The number of rotatable bonds is 5. The Bertz CT molecular complexity index is 319. The van der Waals surface area contributed by atoms with Crippen molar-refractivity contribution in [2.45, 2.75) is 39.5 Å². The predicted molar refractivity (Wildman–Crippen MR) is 69.5 cm³/mol. The molecule has 0 aromatic rings. The van der Waals surface area contributed by atoms with Crippen LogP contribution in [0.3, 0.4) is 0 Å². The maximum Gasteiger partial charge on any atom is 0.319 e. The van der Waals surface area contributed by atoms with Crippen LogP contribution in [0.4, 0.5) is 4.79 Å². The van der Waals surface area contributed by atoms with E-state index < -0.39 is 11.4 Å². The van der Waals surface area contributed by atoms with E-state index in [-0.39, 0.29) is 6.03 Å². The van der Waals surface area contributed by atoms with Crippen LogP contribution >= 0.6 is 0 Å². The van der Waals surface area contributed by atoms with Gasteiger partial charge in [-0.1, -0.05) is 20.3 Å². The SMILES string of the molecule is CCCCN(C)C(=O)N1CCC(CC)(C(=O)O)C1. The van der Waals surface area contributed by atoms with Gasteiger partial charge in [-0.3, -0.25) is 4.79 Å². The number of carbonyl (C=O) groups is 2. The minimum atomic E-state index is -0.781. The Kier molecular flexibility index (Phi) is 4.99. The summed E-state index contributed by atoms with van der Waals surface area (Å²) >= 11 is 0. The summed E-state index contributed by atoms with van der Waals surface area (Å²) in [5.74, 6) is -0.781. The number of urea groups is 1. The van der Waals surface area contributed by atoms with Crippen molar-refractivity contribution in [3.63, 3.8) is 0 Å². The molecule has 1 aliphatic heterocycles. The standard InChI is InChI=1S/C13H24N2O3/c1-4-6-8-14(3)12(18)15-9-7-13(5-2,10-15)11(16)17/h4-10H2,1-3H3,(H,16,17). The molecule has 18 heavy (non-hydrogen) atoms. The van der Waals surface area contributed by atoms with E-state index in [4.69, 9.17) is 0 Å². The van der Waals surface area contributed by atoms with Gasteiger partial charge >= 0.3 is 12.0 Å². The van der Waals surface area contributed by atoms with E-state index in [1.165, 1.54) is 0 Å². The van der Waals surface area contributed by atoms with Gasteiger partial charge in [0.1, 0.15) is 0 Å². The van der Waals surface area contributed by atoms with Crippen LogP contribution < -0.4 is 0 Å². The number of likely N-dealkylation sites (tertiary alicyclic amines) is 1. The third kappa shape index (κ3) is 2.94. The molecule has 104 valence electrons. The molecule has 0 aromatic carbocycles. The second kappa shape index (κ2) is 6.07. The molecule has 1 aliphatic rings. The smallest absolute Gasteiger partial charge is 0.319 e. The number of aliphatic carboxylic acids is 1. The highest BCUT2D eigenvalue weighted by Gasteiger charge is 2.45. The fraction of sp³-hybridized carbons (Fsp3) is 0.846. The largest absolute Gasteiger partial charge is 0.481 e. The van der Waals surface area contributed by atoms with Crippen LogP contribution in [0, 0.1) is 5.41 Å². The van der Waals surface area contributed by atoms with E-state index in [2.05, 4.69) is 6.92 Å². The normalized spacial score (nSPS) is 23.2. The Balaban J connectivity index is 2.60. The summed E-state index contributed by atoms with van der Waals surface area (Å²) in [5, 5.41) is 9.29. The summed E-state index contributed by atoms with van der Waals surface area (Å²) in [7, 11) is 1.78. The van der Waals surface area contributed by atoms with Crippen LogP contribution in [-0.4, -0.2) is 53.6 Å². The Morgan fingerprint density at radius 2 is 2.06 bits per heavy atom. The number of nitrogens with zero attached hydrogens (tertiary/aromatic N) is 2. The summed E-state index contributed by atoms with van der Waals surface area (Å²) in [5.41, 5.74) is -0.735. The van der Waals surface area contributed by atoms with Crippen molar-refractivity contribution in [2.75, 3.05) is 26.7 Å². The molecule has 2 amide bonds. The highest BCUT2D eigenvalue weighted by atomic mass is 16.4. The quantitative estimate of drug-likeness (QED) is 0.818. The molecule has 5 heteroatoms. The van der Waals surface area contributed by atoms with Gasteiger partial charge < -0.3 is 14.9 Å². The van der Waals surface area contributed by atoms with Gasteiger partial charge in [-0.2, -0.15) is 0 Å². The van der Waals surface area contributed by atoms with Crippen LogP contribution in [0.25, 0.3) is 0 Å². The number of carboxylic acid groups (broad SMARTS) is 1. The molecule has 1 heterocycles. The lowest BCUT2D eigenvalue weighted by molar-refractivity contribution is -0.148. The average molecular weight is 256 g/mol. The molecule has 1 rings (SSSR count). The highest BCUT2D eigenvalue weighted by molar-refractivity contribution is 5.79. The van der Waals surface area contributed by atoms with Crippen molar-refractivity contribution in [3.8, 4) is 0 Å². The second-order valence-corrected chi connectivity index (χ2v) is 5.17. The minimum absolute atomic E-state index is 0.0416. The van der Waals surface area contributed by atoms with Crippen molar-refractivity contribution in [1.82, 2.24) is 9.80 Å². The maximum atomic E-state index is 12.1. The highest BCUT2D eigenvalue weighted by Crippen LogP contribution is 2.34. The Hall–Kier alpha value is -1.26. The summed E-state index contributed by atoms with van der Waals surface area (Å²) < 4.78 is 0. The first-order valence-electron chi connectivity index (χ1n) is 6.70. The topological polar surface area (TPSA) is 60.9 Å². The molecule has 0 radical (unpaired) electrons. The summed E-state index contributed by atoms with van der Waals surface area (Å²) in [6, 6.07) is -0.0416. The molecular weight excluding hydrogens is 232 g/mol. The zero-order chi connectivity index (χ0) is 13.8. The molecule has 1 N–H and O–H groups in total. The van der Waals surface area contributed by atoms with Crippen molar-refractivity contribution < 1.29 is 14.7 Å². The third-order valence-corrected chi connectivity index (χ3v) is 3.93. The van der Waals surface area contributed by atoms with Crippen molar-refractivity contribution in [1.29, 1.82) is 0 Å². The van der Waals surface area contributed by atoms with Gasteiger partial charge in [0.05, 0.1) is 5.41 Å². The van der Waals surface area contributed by atoms with Gasteiger partial charge in [-0.25, -0.2) is 4.79 Å². The van der Waals surface area contributed by atoms with E-state index >= 15 is 0 Å². The van der Waals surface area contributed by atoms with Gasteiger partial charge in [0.25, 0.3) is 0 Å². The van der Waals surface area contributed by atoms with Crippen LogP contribution in [-0.2, 0) is 4.79 Å². The fourth-order valence-electron chi connectivity index (χ4n) is 2.38. The summed E-state index contributed by atoms with van der Waals surface area (Å²) in [4.78, 5) is 26.8. The van der Waals surface area contributed by atoms with Crippen molar-refractivity contribution >= 4 is 12.0 Å². The van der Waals surface area contributed by atoms with Crippen LogP contribution in [0.15, 0.2) is 0 Å². The summed E-state index contributed by atoms with van der Waals surface area (Å²) in [6.07, 6.45) is 3.16. The molecule has 0 bridgehead atoms. The molecule has 1 unspecified atom stereocenters. The molecule has 1 fully saturated rings. The number of carbonyl (C=O) groups excluding carboxylic acids is 1. The molecule has 5 nitrogen and oxygen atoms in total. The van der Waals surface area contributed by atoms with Gasteiger partial charge in [0, 0.05) is 26.7 Å². The Morgan fingerprint density at radius 1 is 1.39 bits per heavy atom. The molecule has 0 aliphatic carbocycles. The van der Waals surface area contributed by atoms with Gasteiger partial charge in [0.15, 0.2) is 0 Å². The lowest BCUT2D eigenvalue weighted by Crippen LogP contribution is -2.42. The molecule has 0 aromatic heterocycles. The molecule has 0 saturated carbocycles. The van der Waals surface area contributed by atoms with E-state index in [9.17, 15) is 14.7 Å². The zero-order valence-corrected chi connectivity index (χ0v) is 11.6. The predicted octanol–water partition coefficient (Wildman–Crippen LogP) is 2.03. The Labute approximate surface area is 109 Å². The second-order valence-electron chi connectivity index (χ2n) is 5.17. The molecule has 0 spiro atoms. The lowest BCUT2D eigenvalue weighted by atomic mass is 9.84. The van der Waals surface area contributed by atoms with Gasteiger partial charge in [0.2, 0.25) is 0 Å². The molecule has 1 atom stereocenters. The first-order chi connectivity index (χ1) is 8.46. The first kappa shape index (κ1) is 14.8. The number of amides is 2. The number of hydrogen-bond donors (Lipinski definition) is 1. The van der Waals surface area contributed by atoms with Crippen molar-refractivity contribution in [2.24, 2.45) is 5.41 Å². The monoisotopic (exact) mass is 256 g/mol.